The highest BCUT2D eigenvalue weighted by Gasteiger charge is 2.51. The van der Waals surface area contributed by atoms with Crippen LogP contribution in [0, 0.1) is 0 Å². The summed E-state index contributed by atoms with van der Waals surface area (Å²) in [5, 5.41) is 6.95. The van der Waals surface area contributed by atoms with Gasteiger partial charge in [0.2, 0.25) is 0 Å². The molecule has 0 bridgehead atoms. The zero-order valence-electron chi connectivity index (χ0n) is 33.0. The van der Waals surface area contributed by atoms with Crippen LogP contribution in [0.2, 0.25) is 0 Å². The van der Waals surface area contributed by atoms with Crippen LogP contribution in [0.15, 0.2) is 212 Å². The van der Waals surface area contributed by atoms with Crippen LogP contribution in [0.3, 0.4) is 0 Å². The van der Waals surface area contributed by atoms with Gasteiger partial charge in [-0.15, -0.1) is 0 Å². The second-order valence-corrected chi connectivity index (χ2v) is 16.2. The molecule has 3 heteroatoms. The molecule has 10 aromatic carbocycles. The molecule has 61 heavy (non-hydrogen) atoms. The van der Waals surface area contributed by atoms with E-state index in [0.717, 1.165) is 44.0 Å². The highest BCUT2D eigenvalue weighted by atomic mass is 15.0. The lowest BCUT2D eigenvalue weighted by Crippen LogP contribution is -2.25. The summed E-state index contributed by atoms with van der Waals surface area (Å²) >= 11 is 0. The van der Waals surface area contributed by atoms with E-state index in [2.05, 4.69) is 212 Å². The van der Waals surface area contributed by atoms with Gasteiger partial charge in [-0.05, 0) is 100 Å². The van der Waals surface area contributed by atoms with Crippen molar-refractivity contribution in [2.24, 2.45) is 0 Å². The van der Waals surface area contributed by atoms with Gasteiger partial charge in [0.1, 0.15) is 0 Å². The number of rotatable bonds is 4. The van der Waals surface area contributed by atoms with Crippen molar-refractivity contribution in [1.29, 1.82) is 0 Å². The van der Waals surface area contributed by atoms with Gasteiger partial charge in [0.25, 0.3) is 0 Å². The van der Waals surface area contributed by atoms with E-state index < -0.39 is 5.41 Å². The molecule has 0 N–H and O–H groups in total. The van der Waals surface area contributed by atoms with E-state index in [1.165, 1.54) is 60.7 Å². The van der Waals surface area contributed by atoms with E-state index in [-0.39, 0.29) is 0 Å². The van der Waals surface area contributed by atoms with Crippen LogP contribution in [-0.4, -0.2) is 15.0 Å². The first-order valence-corrected chi connectivity index (χ1v) is 20.9. The van der Waals surface area contributed by atoms with Gasteiger partial charge in [0, 0.05) is 16.7 Å². The second kappa shape index (κ2) is 13.0. The Bertz CT molecular complexity index is 3560. The zero-order valence-corrected chi connectivity index (χ0v) is 33.0. The van der Waals surface area contributed by atoms with E-state index in [4.69, 9.17) is 15.0 Å². The molecule has 11 aromatic rings. The summed E-state index contributed by atoms with van der Waals surface area (Å²) in [5.41, 5.74) is 14.9. The molecule has 13 rings (SSSR count). The summed E-state index contributed by atoms with van der Waals surface area (Å²) in [4.78, 5) is 16.4. The first-order valence-electron chi connectivity index (χ1n) is 20.9. The number of benzene rings is 10. The third-order valence-electron chi connectivity index (χ3n) is 13.1. The van der Waals surface area contributed by atoms with E-state index in [0.29, 0.717) is 17.5 Å². The lowest BCUT2D eigenvalue weighted by molar-refractivity contribution is 0.794. The average molecular weight is 774 g/mol. The van der Waals surface area contributed by atoms with Crippen LogP contribution in [-0.2, 0) is 5.41 Å². The maximum atomic E-state index is 5.50. The summed E-state index contributed by atoms with van der Waals surface area (Å²) in [6, 6.07) is 76.7. The summed E-state index contributed by atoms with van der Waals surface area (Å²) in [6.45, 7) is 0. The standard InChI is InChI=1S/C58H35N3/c1-2-16-36(17-3-1)40-20-8-9-26-47(40)56-59-55(60-57(61-56)54-42-22-7-5-19-38(42)34-48-41-21-6-4-18-37(41)30-32-46(48)54)39-31-33-53-49(35-39)45-25-12-15-29-52(45)58(53)50-27-13-10-23-43(50)44-24-11-14-28-51(44)58/h1-35H. The fourth-order valence-electron chi connectivity index (χ4n) is 10.6. The van der Waals surface area contributed by atoms with Crippen molar-refractivity contribution in [3.63, 3.8) is 0 Å². The van der Waals surface area contributed by atoms with Crippen molar-refractivity contribution in [3.8, 4) is 67.5 Å². The first-order chi connectivity index (χ1) is 30.3. The number of aromatic nitrogens is 3. The Morgan fingerprint density at radius 2 is 0.787 bits per heavy atom. The molecule has 0 saturated heterocycles. The van der Waals surface area contributed by atoms with Gasteiger partial charge < -0.3 is 0 Å². The summed E-state index contributed by atoms with van der Waals surface area (Å²) in [7, 11) is 0. The van der Waals surface area contributed by atoms with Crippen LogP contribution >= 0.6 is 0 Å². The van der Waals surface area contributed by atoms with E-state index in [1.807, 2.05) is 0 Å². The van der Waals surface area contributed by atoms with Crippen molar-refractivity contribution < 1.29 is 0 Å². The molecule has 0 unspecified atom stereocenters. The molecule has 1 spiro atoms. The zero-order chi connectivity index (χ0) is 40.1. The Labute approximate surface area is 353 Å². The van der Waals surface area contributed by atoms with E-state index in [9.17, 15) is 0 Å². The van der Waals surface area contributed by atoms with Crippen molar-refractivity contribution in [1.82, 2.24) is 15.0 Å². The van der Waals surface area contributed by atoms with E-state index in [1.54, 1.807) is 0 Å². The van der Waals surface area contributed by atoms with E-state index >= 15 is 0 Å². The molecule has 0 atom stereocenters. The third kappa shape index (κ3) is 4.83. The van der Waals surface area contributed by atoms with Crippen molar-refractivity contribution in [2.75, 3.05) is 0 Å². The minimum absolute atomic E-state index is 0.424. The fraction of sp³-hybridized carbons (Fsp3) is 0.0172. The van der Waals surface area contributed by atoms with Gasteiger partial charge in [0.15, 0.2) is 17.5 Å². The molecule has 2 aliphatic rings. The van der Waals surface area contributed by atoms with Crippen molar-refractivity contribution in [2.45, 2.75) is 5.41 Å². The predicted molar refractivity (Wildman–Crippen MR) is 250 cm³/mol. The highest BCUT2D eigenvalue weighted by Crippen LogP contribution is 2.63. The smallest absolute Gasteiger partial charge is 0.165 e. The molecule has 0 fully saturated rings. The summed E-state index contributed by atoms with van der Waals surface area (Å²) < 4.78 is 0. The van der Waals surface area contributed by atoms with Crippen LogP contribution in [0.25, 0.3) is 99.9 Å². The van der Waals surface area contributed by atoms with Gasteiger partial charge in [-0.3, -0.25) is 0 Å². The summed E-state index contributed by atoms with van der Waals surface area (Å²) in [6.07, 6.45) is 0. The monoisotopic (exact) mass is 773 g/mol. The summed E-state index contributed by atoms with van der Waals surface area (Å²) in [5.74, 6) is 1.92. The maximum absolute atomic E-state index is 5.50. The van der Waals surface area contributed by atoms with Gasteiger partial charge >= 0.3 is 0 Å². The van der Waals surface area contributed by atoms with Crippen LogP contribution in [0.5, 0.6) is 0 Å². The second-order valence-electron chi connectivity index (χ2n) is 16.2. The molecule has 1 aromatic heterocycles. The molecule has 282 valence electrons. The Morgan fingerprint density at radius 1 is 0.262 bits per heavy atom. The molecule has 0 amide bonds. The van der Waals surface area contributed by atoms with Crippen LogP contribution in [0.1, 0.15) is 22.3 Å². The third-order valence-corrected chi connectivity index (χ3v) is 13.1. The number of nitrogens with zero attached hydrogens (tertiary/aromatic N) is 3. The molecule has 2 aliphatic carbocycles. The maximum Gasteiger partial charge on any atom is 0.165 e. The molecule has 1 heterocycles. The predicted octanol–water partition coefficient (Wildman–Crippen LogP) is 14.3. The van der Waals surface area contributed by atoms with Gasteiger partial charge in [0.05, 0.1) is 5.41 Å². The number of hydrogen-bond donors (Lipinski definition) is 0. The lowest BCUT2D eigenvalue weighted by atomic mass is 9.70. The Hall–Kier alpha value is -8.01. The minimum Gasteiger partial charge on any atom is -0.208 e. The van der Waals surface area contributed by atoms with Gasteiger partial charge in [-0.1, -0.05) is 200 Å². The Kier molecular flexibility index (Phi) is 7.22. The number of fused-ring (bicyclic) bond motifs is 14. The van der Waals surface area contributed by atoms with Gasteiger partial charge in [-0.2, -0.15) is 0 Å². The SMILES string of the molecule is c1ccc(-c2ccccc2-c2nc(-c3ccc4c(c3)-c3ccccc3C43c4ccccc4-c4ccccc43)nc(-c3c4ccccc4cc4c3ccc3ccccc34)n2)cc1. The minimum atomic E-state index is -0.424. The normalized spacial score (nSPS) is 13.0. The topological polar surface area (TPSA) is 38.7 Å². The molecule has 0 aliphatic heterocycles. The van der Waals surface area contributed by atoms with Crippen LogP contribution in [0.4, 0.5) is 0 Å². The van der Waals surface area contributed by atoms with Crippen LogP contribution < -0.4 is 0 Å². The molecule has 0 radical (unpaired) electrons. The fourth-order valence-corrected chi connectivity index (χ4v) is 10.6. The molecule has 0 saturated carbocycles. The average Bonchev–Trinajstić information content (AvgIpc) is 3.80. The molecule has 3 nitrogen and oxygen atoms in total. The molecular weight excluding hydrogens is 739 g/mol. The lowest BCUT2D eigenvalue weighted by Gasteiger charge is -2.30. The van der Waals surface area contributed by atoms with Crippen molar-refractivity contribution in [3.05, 3.63) is 235 Å². The van der Waals surface area contributed by atoms with Gasteiger partial charge in [-0.25, -0.2) is 15.0 Å². The van der Waals surface area contributed by atoms with Crippen molar-refractivity contribution >= 4 is 32.3 Å². The highest BCUT2D eigenvalue weighted by molar-refractivity contribution is 6.19. The quantitative estimate of drug-likeness (QED) is 0.132. The first kappa shape index (κ1) is 33.9. The Morgan fingerprint density at radius 3 is 1.51 bits per heavy atom. The number of hydrogen-bond acceptors (Lipinski definition) is 3. The largest absolute Gasteiger partial charge is 0.208 e. The molecular formula is C58H35N3. The Balaban J connectivity index is 1.10.